The van der Waals surface area contributed by atoms with E-state index in [1.165, 1.54) is 12.2 Å². The number of nitrogens with one attached hydrogen (secondary N) is 1. The number of ketones is 4. The molecule has 0 fully saturated rings. The van der Waals surface area contributed by atoms with Gasteiger partial charge in [0.05, 0.1) is 6.54 Å². The van der Waals surface area contributed by atoms with E-state index in [-0.39, 0.29) is 46.3 Å². The van der Waals surface area contributed by atoms with Crippen molar-refractivity contribution in [1.82, 2.24) is 5.32 Å². The lowest BCUT2D eigenvalue weighted by molar-refractivity contribution is -0.203. The second-order valence-electron chi connectivity index (χ2n) is 8.37. The van der Waals surface area contributed by atoms with Gasteiger partial charge >= 0.3 is 0 Å². The number of carbonyl (C=O) groups excluding carboxylic acids is 4. The molecule has 5 aliphatic rings. The van der Waals surface area contributed by atoms with Gasteiger partial charge in [-0.05, 0) is 23.3 Å². The van der Waals surface area contributed by atoms with Crippen molar-refractivity contribution in [1.29, 1.82) is 0 Å². The fourth-order valence-electron chi connectivity index (χ4n) is 6.08. The molecule has 1 aromatic carbocycles. The molecule has 0 aromatic heterocycles. The topological polar surface area (TPSA) is 130 Å². The Bertz CT molecular complexity index is 1370. The third kappa shape index (κ3) is 1.79. The van der Waals surface area contributed by atoms with Crippen LogP contribution in [0.4, 0.5) is 0 Å². The minimum absolute atomic E-state index is 0.132. The average molecular weight is 429 g/mol. The van der Waals surface area contributed by atoms with Crippen LogP contribution < -0.4 is 5.32 Å². The molecule has 8 heteroatoms. The number of fused-ring (bicyclic) bond motifs is 5. The Morgan fingerprint density at radius 3 is 2.34 bits per heavy atom. The van der Waals surface area contributed by atoms with Gasteiger partial charge in [0, 0.05) is 39.5 Å². The van der Waals surface area contributed by atoms with Crippen LogP contribution in [-0.4, -0.2) is 40.0 Å². The van der Waals surface area contributed by atoms with E-state index < -0.39 is 34.6 Å². The monoisotopic (exact) mass is 429 g/mol. The molecule has 32 heavy (non-hydrogen) atoms. The summed E-state index contributed by atoms with van der Waals surface area (Å²) in [6.45, 7) is 3.18. The minimum Gasteiger partial charge on any atom is -0.505 e. The Balaban J connectivity index is 1.58. The molecule has 0 saturated heterocycles. The summed E-state index contributed by atoms with van der Waals surface area (Å²) in [6, 6.07) is 7.31. The molecule has 158 valence electrons. The molecule has 6 rings (SSSR count). The van der Waals surface area contributed by atoms with E-state index in [4.69, 9.17) is 5.26 Å². The van der Waals surface area contributed by atoms with Crippen molar-refractivity contribution >= 4 is 23.1 Å². The fraction of sp³-hybridized carbons (Fsp3) is 0.167. The number of hydrogen-bond donors (Lipinski definition) is 3. The number of carbonyl (C=O) groups is 4. The summed E-state index contributed by atoms with van der Waals surface area (Å²) < 4.78 is 0. The Kier molecular flexibility index (Phi) is 3.39. The summed E-state index contributed by atoms with van der Waals surface area (Å²) in [4.78, 5) is 55.9. The fourth-order valence-corrected chi connectivity index (χ4v) is 6.08. The maximum Gasteiger partial charge on any atom is 0.252 e. The zero-order valence-corrected chi connectivity index (χ0v) is 16.5. The van der Waals surface area contributed by atoms with Gasteiger partial charge in [0.1, 0.15) is 11.5 Å². The molecule has 1 spiro atoms. The van der Waals surface area contributed by atoms with Gasteiger partial charge in [0.15, 0.2) is 17.3 Å². The first-order valence-corrected chi connectivity index (χ1v) is 9.96. The highest BCUT2D eigenvalue weighted by Crippen LogP contribution is 2.77. The van der Waals surface area contributed by atoms with Crippen molar-refractivity contribution in [3.8, 4) is 0 Å². The first-order valence-electron chi connectivity index (χ1n) is 9.96. The molecule has 0 bridgehead atoms. The third-order valence-corrected chi connectivity index (χ3v) is 7.13. The number of allylic oxidation sites excluding steroid dienone is 7. The lowest BCUT2D eigenvalue weighted by Gasteiger charge is -2.59. The summed E-state index contributed by atoms with van der Waals surface area (Å²) in [5.41, 5.74) is 1.21. The van der Waals surface area contributed by atoms with Crippen LogP contribution in [0.5, 0.6) is 0 Å². The van der Waals surface area contributed by atoms with Crippen molar-refractivity contribution in [3.63, 3.8) is 0 Å². The molecule has 8 nitrogen and oxygen atoms in total. The standard InChI is InChI=1S/C24H15NO7/c1-9(32-31)8-25-20-21(28)16-18-15-13(27)7-6-12(26)14(15)17-10-4-2-3-5-11(10)24(17,18)19(16)22(29)23(20)30/h2-7,17-18,25,28,31H,1,8H2. The second-order valence-corrected chi connectivity index (χ2v) is 8.37. The largest absolute Gasteiger partial charge is 0.505 e. The Morgan fingerprint density at radius 2 is 1.66 bits per heavy atom. The normalized spacial score (nSPS) is 29.0. The van der Waals surface area contributed by atoms with Gasteiger partial charge in [0.25, 0.3) is 5.78 Å². The zero-order chi connectivity index (χ0) is 22.5. The van der Waals surface area contributed by atoms with Crippen molar-refractivity contribution < 1.29 is 34.4 Å². The zero-order valence-electron chi connectivity index (χ0n) is 16.5. The van der Waals surface area contributed by atoms with E-state index in [2.05, 4.69) is 16.8 Å². The Labute approximate surface area is 180 Å². The third-order valence-electron chi connectivity index (χ3n) is 7.13. The average Bonchev–Trinajstić information content (AvgIpc) is 2.98. The van der Waals surface area contributed by atoms with E-state index in [1.807, 2.05) is 18.2 Å². The van der Waals surface area contributed by atoms with Crippen molar-refractivity contribution in [2.24, 2.45) is 5.92 Å². The molecule has 3 unspecified atom stereocenters. The first kappa shape index (κ1) is 18.7. The van der Waals surface area contributed by atoms with Crippen LogP contribution in [0.2, 0.25) is 0 Å². The van der Waals surface area contributed by atoms with Gasteiger partial charge in [0.2, 0.25) is 5.78 Å². The number of aliphatic hydroxyl groups excluding tert-OH is 1. The predicted octanol–water partition coefficient (Wildman–Crippen LogP) is 1.48. The molecular weight excluding hydrogens is 414 g/mol. The molecule has 1 aromatic rings. The Morgan fingerprint density at radius 1 is 1.00 bits per heavy atom. The molecule has 0 radical (unpaired) electrons. The second kappa shape index (κ2) is 5.80. The van der Waals surface area contributed by atoms with Crippen LogP contribution in [-0.2, 0) is 29.5 Å². The smallest absolute Gasteiger partial charge is 0.252 e. The number of rotatable bonds is 4. The molecule has 5 aliphatic carbocycles. The predicted molar refractivity (Wildman–Crippen MR) is 108 cm³/mol. The summed E-state index contributed by atoms with van der Waals surface area (Å²) in [6.07, 6.45) is 2.44. The molecule has 0 heterocycles. The molecular formula is C24H15NO7. The van der Waals surface area contributed by atoms with E-state index in [0.29, 0.717) is 5.57 Å². The number of Topliss-reactive ketones (excluding diaryl/α,β-unsaturated/α-hetero) is 2. The highest BCUT2D eigenvalue weighted by Gasteiger charge is 2.76. The highest BCUT2D eigenvalue weighted by molar-refractivity contribution is 6.51. The van der Waals surface area contributed by atoms with Crippen LogP contribution in [0, 0.1) is 5.92 Å². The van der Waals surface area contributed by atoms with E-state index >= 15 is 0 Å². The molecule has 0 aliphatic heterocycles. The van der Waals surface area contributed by atoms with Gasteiger partial charge in [-0.15, -0.1) is 0 Å². The Hall–Kier alpha value is -4.04. The maximum atomic E-state index is 13.3. The quantitative estimate of drug-likeness (QED) is 0.164. The summed E-state index contributed by atoms with van der Waals surface area (Å²) in [7, 11) is 0. The van der Waals surface area contributed by atoms with Gasteiger partial charge in [-0.25, -0.2) is 5.26 Å². The van der Waals surface area contributed by atoms with Crippen LogP contribution in [0.3, 0.4) is 0 Å². The van der Waals surface area contributed by atoms with Crippen molar-refractivity contribution in [3.05, 3.63) is 93.6 Å². The maximum absolute atomic E-state index is 13.3. The lowest BCUT2D eigenvalue weighted by atomic mass is 9.40. The molecule has 3 N–H and O–H groups in total. The van der Waals surface area contributed by atoms with Crippen LogP contribution in [0.15, 0.2) is 82.5 Å². The summed E-state index contributed by atoms with van der Waals surface area (Å²) >= 11 is 0. The van der Waals surface area contributed by atoms with Gasteiger partial charge in [-0.1, -0.05) is 30.8 Å². The van der Waals surface area contributed by atoms with E-state index in [9.17, 15) is 24.3 Å². The lowest BCUT2D eigenvalue weighted by Crippen LogP contribution is -2.60. The number of benzene rings is 1. The summed E-state index contributed by atoms with van der Waals surface area (Å²) in [5, 5.41) is 22.3. The van der Waals surface area contributed by atoms with Crippen LogP contribution in [0.1, 0.15) is 17.0 Å². The number of aliphatic hydroxyl groups is 1. The SMILES string of the molecule is C=C(CNC1=C(O)C2=C(C(=O)C1=O)C13c4ccccc4C1C1=C(C(=O)C=CC1=O)C23)OO. The molecule has 0 amide bonds. The molecule has 0 saturated carbocycles. The van der Waals surface area contributed by atoms with Crippen molar-refractivity contribution in [2.45, 2.75) is 11.3 Å². The van der Waals surface area contributed by atoms with E-state index in [1.54, 1.807) is 6.07 Å². The van der Waals surface area contributed by atoms with Crippen LogP contribution >= 0.6 is 0 Å². The highest BCUT2D eigenvalue weighted by atomic mass is 17.1. The molecule has 3 atom stereocenters. The van der Waals surface area contributed by atoms with Crippen LogP contribution in [0.25, 0.3) is 0 Å². The number of hydrogen-bond acceptors (Lipinski definition) is 8. The van der Waals surface area contributed by atoms with Gasteiger partial charge in [-0.2, -0.15) is 0 Å². The first-order chi connectivity index (χ1) is 15.4. The van der Waals surface area contributed by atoms with Gasteiger partial charge in [-0.3, -0.25) is 19.2 Å². The van der Waals surface area contributed by atoms with Gasteiger partial charge < -0.3 is 15.3 Å². The summed E-state index contributed by atoms with van der Waals surface area (Å²) in [5.74, 6) is -4.18. The minimum atomic E-state index is -1.00. The van der Waals surface area contributed by atoms with Crippen molar-refractivity contribution in [2.75, 3.05) is 6.54 Å². The van der Waals surface area contributed by atoms with E-state index in [0.717, 1.165) is 11.1 Å².